The van der Waals surface area contributed by atoms with E-state index in [4.69, 9.17) is 27.4 Å². The molecule has 0 fully saturated rings. The van der Waals surface area contributed by atoms with Crippen LogP contribution < -0.4 is 10.5 Å². The SMILES string of the molecule is COCCCOc1ccc(C(N)=S)c(Br)c1F. The molecular weight excluding hydrogens is 309 g/mol. The van der Waals surface area contributed by atoms with Crippen LogP contribution in [0.2, 0.25) is 0 Å². The van der Waals surface area contributed by atoms with Gasteiger partial charge < -0.3 is 15.2 Å². The molecule has 2 N–H and O–H groups in total. The first-order valence-corrected chi connectivity index (χ1v) is 6.17. The molecule has 0 aliphatic rings. The summed E-state index contributed by atoms with van der Waals surface area (Å²) in [6, 6.07) is 3.14. The van der Waals surface area contributed by atoms with Crippen molar-refractivity contribution in [1.82, 2.24) is 0 Å². The molecule has 0 atom stereocenters. The van der Waals surface area contributed by atoms with E-state index >= 15 is 0 Å². The molecule has 0 heterocycles. The molecule has 1 rings (SSSR count). The van der Waals surface area contributed by atoms with Crippen LogP contribution in [0.5, 0.6) is 5.75 Å². The maximum Gasteiger partial charge on any atom is 0.179 e. The molecule has 0 radical (unpaired) electrons. The van der Waals surface area contributed by atoms with Gasteiger partial charge in [0.2, 0.25) is 0 Å². The van der Waals surface area contributed by atoms with Crippen molar-refractivity contribution < 1.29 is 13.9 Å². The van der Waals surface area contributed by atoms with Gasteiger partial charge in [0.25, 0.3) is 0 Å². The van der Waals surface area contributed by atoms with Crippen molar-refractivity contribution in [2.45, 2.75) is 6.42 Å². The van der Waals surface area contributed by atoms with Gasteiger partial charge in [0.1, 0.15) is 4.99 Å². The highest BCUT2D eigenvalue weighted by Gasteiger charge is 2.13. The van der Waals surface area contributed by atoms with Crippen molar-refractivity contribution in [3.8, 4) is 5.75 Å². The molecule has 3 nitrogen and oxygen atoms in total. The molecule has 0 spiro atoms. The number of halogens is 2. The second-order valence-electron chi connectivity index (χ2n) is 3.30. The lowest BCUT2D eigenvalue weighted by Crippen LogP contribution is -2.11. The molecule has 0 saturated heterocycles. The second-order valence-corrected chi connectivity index (χ2v) is 4.53. The van der Waals surface area contributed by atoms with Gasteiger partial charge in [-0.05, 0) is 28.1 Å². The first kappa shape index (κ1) is 14.3. The van der Waals surface area contributed by atoms with E-state index in [0.29, 0.717) is 25.2 Å². The minimum absolute atomic E-state index is 0.140. The first-order chi connectivity index (χ1) is 8.07. The number of methoxy groups -OCH3 is 1. The predicted molar refractivity (Wildman–Crippen MR) is 72.0 cm³/mol. The fourth-order valence-corrected chi connectivity index (χ4v) is 2.06. The lowest BCUT2D eigenvalue weighted by atomic mass is 10.2. The number of thiocarbonyl (C=S) groups is 1. The van der Waals surface area contributed by atoms with Crippen LogP contribution in [0.15, 0.2) is 16.6 Å². The summed E-state index contributed by atoms with van der Waals surface area (Å²) < 4.78 is 24.2. The van der Waals surface area contributed by atoms with E-state index in [2.05, 4.69) is 15.9 Å². The van der Waals surface area contributed by atoms with Gasteiger partial charge in [0, 0.05) is 25.7 Å². The average Bonchev–Trinajstić information content (AvgIpc) is 2.29. The maximum atomic E-state index is 13.8. The molecule has 94 valence electrons. The molecule has 6 heteroatoms. The lowest BCUT2D eigenvalue weighted by molar-refractivity contribution is 0.170. The number of rotatable bonds is 6. The number of nitrogens with two attached hydrogens (primary N) is 1. The first-order valence-electron chi connectivity index (χ1n) is 4.97. The van der Waals surface area contributed by atoms with Crippen molar-refractivity contribution in [3.05, 3.63) is 28.0 Å². The van der Waals surface area contributed by atoms with Gasteiger partial charge in [-0.15, -0.1) is 0 Å². The van der Waals surface area contributed by atoms with Crippen LogP contribution in [-0.4, -0.2) is 25.3 Å². The van der Waals surface area contributed by atoms with E-state index in [9.17, 15) is 4.39 Å². The highest BCUT2D eigenvalue weighted by atomic mass is 79.9. The Morgan fingerprint density at radius 2 is 2.18 bits per heavy atom. The van der Waals surface area contributed by atoms with Crippen LogP contribution in [0.3, 0.4) is 0 Å². The van der Waals surface area contributed by atoms with E-state index in [0.717, 1.165) is 0 Å². The molecule has 0 aliphatic carbocycles. The van der Waals surface area contributed by atoms with Crippen LogP contribution in [0, 0.1) is 5.82 Å². The Morgan fingerprint density at radius 1 is 1.47 bits per heavy atom. The van der Waals surface area contributed by atoms with Crippen molar-refractivity contribution in [1.29, 1.82) is 0 Å². The fraction of sp³-hybridized carbons (Fsp3) is 0.364. The molecule has 0 bridgehead atoms. The van der Waals surface area contributed by atoms with Gasteiger partial charge in [0.15, 0.2) is 11.6 Å². The summed E-state index contributed by atoms with van der Waals surface area (Å²) in [6.07, 6.45) is 0.699. The minimum atomic E-state index is -0.493. The van der Waals surface area contributed by atoms with Crippen molar-refractivity contribution >= 4 is 33.1 Å². The third-order valence-corrected chi connectivity index (χ3v) is 3.06. The zero-order valence-electron chi connectivity index (χ0n) is 9.33. The summed E-state index contributed by atoms with van der Waals surface area (Å²) in [4.78, 5) is 0.140. The molecule has 1 aromatic rings. The Balaban J connectivity index is 2.75. The van der Waals surface area contributed by atoms with Crippen LogP contribution in [-0.2, 0) is 4.74 Å². The number of hydrogen-bond acceptors (Lipinski definition) is 3. The Kier molecular flexibility index (Phi) is 5.80. The van der Waals surface area contributed by atoms with Gasteiger partial charge >= 0.3 is 0 Å². The second kappa shape index (κ2) is 6.88. The van der Waals surface area contributed by atoms with E-state index in [1.807, 2.05) is 0 Å². The van der Waals surface area contributed by atoms with E-state index in [1.165, 1.54) is 6.07 Å². The standard InChI is InChI=1S/C11H13BrFNO2S/c1-15-5-2-6-16-8-4-3-7(11(14)17)9(12)10(8)13/h3-4H,2,5-6H2,1H3,(H2,14,17). The van der Waals surface area contributed by atoms with Gasteiger partial charge in [-0.2, -0.15) is 0 Å². The summed E-state index contributed by atoms with van der Waals surface area (Å²) in [5, 5.41) is 0. The van der Waals surface area contributed by atoms with E-state index in [1.54, 1.807) is 13.2 Å². The molecular formula is C11H13BrFNO2S. The highest BCUT2D eigenvalue weighted by Crippen LogP contribution is 2.28. The number of benzene rings is 1. The smallest absolute Gasteiger partial charge is 0.179 e. The zero-order chi connectivity index (χ0) is 12.8. The van der Waals surface area contributed by atoms with Crippen LogP contribution in [0.4, 0.5) is 4.39 Å². The third kappa shape index (κ3) is 3.90. The van der Waals surface area contributed by atoms with Gasteiger partial charge in [-0.25, -0.2) is 4.39 Å². The molecule has 0 unspecified atom stereocenters. The zero-order valence-corrected chi connectivity index (χ0v) is 11.7. The van der Waals surface area contributed by atoms with Gasteiger partial charge in [-0.1, -0.05) is 12.2 Å². The van der Waals surface area contributed by atoms with E-state index < -0.39 is 5.82 Å². The Bertz CT molecular complexity index is 415. The maximum absolute atomic E-state index is 13.8. The fourth-order valence-electron chi connectivity index (χ4n) is 1.22. The normalized spacial score (nSPS) is 10.3. The highest BCUT2D eigenvalue weighted by molar-refractivity contribution is 9.10. The summed E-state index contributed by atoms with van der Waals surface area (Å²) in [6.45, 7) is 0.970. The van der Waals surface area contributed by atoms with Crippen LogP contribution in [0.1, 0.15) is 12.0 Å². The topological polar surface area (TPSA) is 44.5 Å². The quantitative estimate of drug-likeness (QED) is 0.646. The number of hydrogen-bond donors (Lipinski definition) is 1. The van der Waals surface area contributed by atoms with E-state index in [-0.39, 0.29) is 15.2 Å². The molecule has 1 aromatic carbocycles. The number of ether oxygens (including phenoxy) is 2. The van der Waals surface area contributed by atoms with Crippen molar-refractivity contribution in [2.75, 3.05) is 20.3 Å². The largest absolute Gasteiger partial charge is 0.490 e. The predicted octanol–water partition coefficient (Wildman–Crippen LogP) is 2.64. The van der Waals surface area contributed by atoms with Crippen LogP contribution in [0.25, 0.3) is 0 Å². The van der Waals surface area contributed by atoms with Gasteiger partial charge in [0.05, 0.1) is 11.1 Å². The van der Waals surface area contributed by atoms with Crippen molar-refractivity contribution in [2.24, 2.45) is 5.73 Å². The Morgan fingerprint density at radius 3 is 2.76 bits per heavy atom. The van der Waals surface area contributed by atoms with Crippen LogP contribution >= 0.6 is 28.1 Å². The summed E-state index contributed by atoms with van der Waals surface area (Å²) >= 11 is 7.91. The summed E-state index contributed by atoms with van der Waals surface area (Å²) in [5.41, 5.74) is 5.91. The van der Waals surface area contributed by atoms with Gasteiger partial charge in [-0.3, -0.25) is 0 Å². The summed E-state index contributed by atoms with van der Waals surface area (Å²) in [7, 11) is 1.61. The molecule has 0 aromatic heterocycles. The third-order valence-electron chi connectivity index (χ3n) is 2.06. The molecule has 0 amide bonds. The summed E-state index contributed by atoms with van der Waals surface area (Å²) in [5.74, 6) is -0.319. The molecule has 0 saturated carbocycles. The Labute approximate surface area is 113 Å². The van der Waals surface area contributed by atoms with Crippen molar-refractivity contribution in [3.63, 3.8) is 0 Å². The average molecular weight is 322 g/mol. The monoisotopic (exact) mass is 321 g/mol. The Hall–Kier alpha value is -0.720. The lowest BCUT2D eigenvalue weighted by Gasteiger charge is -2.10. The minimum Gasteiger partial charge on any atom is -0.490 e. The molecule has 0 aliphatic heterocycles. The molecule has 17 heavy (non-hydrogen) atoms.